The van der Waals surface area contributed by atoms with Crippen LogP contribution in [0.4, 0.5) is 17.6 Å². The van der Waals surface area contributed by atoms with Gasteiger partial charge in [0.05, 0.1) is 10.8 Å². The highest BCUT2D eigenvalue weighted by atomic mass is 32.2. The molecular formula is C22H25N7O2S. The lowest BCUT2D eigenvalue weighted by Crippen LogP contribution is -2.50. The summed E-state index contributed by atoms with van der Waals surface area (Å²) in [7, 11) is -3.14. The number of rotatable bonds is 6. The maximum atomic E-state index is 12.8. The largest absolute Gasteiger partial charge is 0.335 e. The van der Waals surface area contributed by atoms with Crippen LogP contribution in [-0.4, -0.2) is 63.3 Å². The number of fused-ring (bicyclic) bond motifs is 3. The zero-order chi connectivity index (χ0) is 21.4. The van der Waals surface area contributed by atoms with Gasteiger partial charge in [0, 0.05) is 48.2 Å². The summed E-state index contributed by atoms with van der Waals surface area (Å²) < 4.78 is 27.3. The molecule has 2 N–H and O–H groups in total. The van der Waals surface area contributed by atoms with Crippen LogP contribution < -0.4 is 10.2 Å². The first kappa shape index (κ1) is 18.8. The fourth-order valence-corrected chi connectivity index (χ4v) is 7.22. The van der Waals surface area contributed by atoms with Gasteiger partial charge in [0.2, 0.25) is 16.0 Å². The highest BCUT2D eigenvalue weighted by Gasteiger charge is 2.52. The molecule has 7 rings (SSSR count). The van der Waals surface area contributed by atoms with Crippen molar-refractivity contribution in [3.05, 3.63) is 36.0 Å². The summed E-state index contributed by atoms with van der Waals surface area (Å²) in [6.07, 6.45) is 4.88. The fraction of sp³-hybridized carbons (Fsp3) is 0.500. The molecule has 32 heavy (non-hydrogen) atoms. The standard InChI is InChI=1S/C22H25N7O2S/c30-32(31,16-7-8-16)29-12-14-9-15(29)11-28(14)22-23-18-4-2-1-3-17(18)21(25-22)24-20-10-19(26-27-20)13-5-6-13/h1-4,10,13-16H,5-9,11-12H2,(H2,23,24,25,26,27). The van der Waals surface area contributed by atoms with Crippen molar-refractivity contribution in [1.29, 1.82) is 0 Å². The Morgan fingerprint density at radius 2 is 1.88 bits per heavy atom. The number of anilines is 3. The molecule has 10 heteroatoms. The number of nitrogens with one attached hydrogen (secondary N) is 2. The molecule has 2 aliphatic carbocycles. The first-order chi connectivity index (χ1) is 15.6. The van der Waals surface area contributed by atoms with Crippen molar-refractivity contribution in [3.63, 3.8) is 0 Å². The van der Waals surface area contributed by atoms with Crippen LogP contribution in [0.2, 0.25) is 0 Å². The van der Waals surface area contributed by atoms with Crippen LogP contribution in [0.3, 0.4) is 0 Å². The molecule has 3 aromatic rings. The highest BCUT2D eigenvalue weighted by molar-refractivity contribution is 7.90. The van der Waals surface area contributed by atoms with Gasteiger partial charge in [-0.05, 0) is 44.2 Å². The topological polar surface area (TPSA) is 107 Å². The lowest BCUT2D eigenvalue weighted by molar-refractivity contribution is 0.366. The number of aromatic amines is 1. The van der Waals surface area contributed by atoms with Crippen LogP contribution in [-0.2, 0) is 10.0 Å². The van der Waals surface area contributed by atoms with E-state index in [0.29, 0.717) is 25.0 Å². The summed E-state index contributed by atoms with van der Waals surface area (Å²) in [5.41, 5.74) is 2.03. The molecule has 1 aromatic carbocycles. The molecule has 0 radical (unpaired) electrons. The van der Waals surface area contributed by atoms with Gasteiger partial charge in [-0.3, -0.25) is 5.10 Å². The van der Waals surface area contributed by atoms with Crippen molar-refractivity contribution in [3.8, 4) is 0 Å². The quantitative estimate of drug-likeness (QED) is 0.593. The van der Waals surface area contributed by atoms with Crippen LogP contribution >= 0.6 is 0 Å². The molecule has 2 aromatic heterocycles. The third-order valence-corrected chi connectivity index (χ3v) is 9.59. The normalized spacial score (nSPS) is 25.7. The Bertz CT molecular complexity index is 1310. The summed E-state index contributed by atoms with van der Waals surface area (Å²) in [5, 5.41) is 11.7. The number of hydrogen-bond acceptors (Lipinski definition) is 7. The molecule has 0 spiro atoms. The molecular weight excluding hydrogens is 426 g/mol. The Kier molecular flexibility index (Phi) is 3.91. The molecule has 0 amide bonds. The van der Waals surface area contributed by atoms with E-state index in [1.165, 1.54) is 18.5 Å². The number of H-pyrrole nitrogens is 1. The minimum Gasteiger partial charge on any atom is -0.335 e. The Morgan fingerprint density at radius 1 is 1.03 bits per heavy atom. The van der Waals surface area contributed by atoms with Crippen LogP contribution in [0.25, 0.3) is 10.9 Å². The van der Waals surface area contributed by atoms with Gasteiger partial charge < -0.3 is 10.2 Å². The molecule has 2 bridgehead atoms. The molecule has 2 saturated carbocycles. The summed E-state index contributed by atoms with van der Waals surface area (Å²) in [5.74, 6) is 2.74. The fourth-order valence-electron chi connectivity index (χ4n) is 5.16. The van der Waals surface area contributed by atoms with E-state index in [-0.39, 0.29) is 17.3 Å². The summed E-state index contributed by atoms with van der Waals surface area (Å²) in [6.45, 7) is 1.18. The second kappa shape index (κ2) is 6.64. The predicted molar refractivity (Wildman–Crippen MR) is 122 cm³/mol. The monoisotopic (exact) mass is 451 g/mol. The number of para-hydroxylation sites is 1. The zero-order valence-corrected chi connectivity index (χ0v) is 18.4. The first-order valence-electron chi connectivity index (χ1n) is 11.4. The first-order valence-corrected chi connectivity index (χ1v) is 12.9. The van der Waals surface area contributed by atoms with Gasteiger partial charge in [-0.2, -0.15) is 14.4 Å². The molecule has 4 fully saturated rings. The zero-order valence-electron chi connectivity index (χ0n) is 17.6. The minimum absolute atomic E-state index is 0.0181. The molecule has 4 heterocycles. The molecule has 2 atom stereocenters. The van der Waals surface area contributed by atoms with Gasteiger partial charge in [-0.25, -0.2) is 13.4 Å². The SMILES string of the molecule is O=S(=O)(C1CC1)N1CC2CC1CN2c1nc(Nc2cc(C3CC3)[nH]n2)c2ccccc2n1. The Balaban J connectivity index is 1.20. The summed E-state index contributed by atoms with van der Waals surface area (Å²) in [4.78, 5) is 11.9. The molecule has 2 saturated heterocycles. The molecule has 4 aliphatic rings. The number of aromatic nitrogens is 4. The lowest BCUT2D eigenvalue weighted by Gasteiger charge is -2.33. The van der Waals surface area contributed by atoms with Gasteiger partial charge in [-0.15, -0.1) is 0 Å². The molecule has 2 unspecified atom stereocenters. The van der Waals surface area contributed by atoms with Gasteiger partial charge in [0.1, 0.15) is 5.82 Å². The smallest absolute Gasteiger partial charge is 0.228 e. The van der Waals surface area contributed by atoms with Crippen molar-refractivity contribution in [2.45, 2.75) is 55.4 Å². The predicted octanol–water partition coefficient (Wildman–Crippen LogP) is 2.73. The Labute approximate surface area is 186 Å². The Morgan fingerprint density at radius 3 is 2.62 bits per heavy atom. The number of benzene rings is 1. The number of hydrogen-bond donors (Lipinski definition) is 2. The van der Waals surface area contributed by atoms with Crippen molar-refractivity contribution < 1.29 is 8.42 Å². The van der Waals surface area contributed by atoms with Crippen LogP contribution in [0.5, 0.6) is 0 Å². The third-order valence-electron chi connectivity index (χ3n) is 7.17. The number of piperazine rings is 1. The average molecular weight is 452 g/mol. The Hall–Kier alpha value is -2.72. The van der Waals surface area contributed by atoms with Gasteiger partial charge in [0.25, 0.3) is 0 Å². The summed E-state index contributed by atoms with van der Waals surface area (Å²) >= 11 is 0. The number of nitrogens with zero attached hydrogens (tertiary/aromatic N) is 5. The van der Waals surface area contributed by atoms with E-state index in [1.807, 2.05) is 24.3 Å². The van der Waals surface area contributed by atoms with Crippen LogP contribution in [0.15, 0.2) is 30.3 Å². The van der Waals surface area contributed by atoms with Gasteiger partial charge in [-0.1, -0.05) is 12.1 Å². The van der Waals surface area contributed by atoms with E-state index in [1.54, 1.807) is 4.31 Å². The highest BCUT2D eigenvalue weighted by Crippen LogP contribution is 2.41. The third kappa shape index (κ3) is 3.00. The van der Waals surface area contributed by atoms with Crippen LogP contribution in [0.1, 0.15) is 43.7 Å². The van der Waals surface area contributed by atoms with E-state index < -0.39 is 10.0 Å². The van der Waals surface area contributed by atoms with E-state index in [2.05, 4.69) is 26.5 Å². The van der Waals surface area contributed by atoms with Crippen LogP contribution in [0, 0.1) is 0 Å². The second-order valence-electron chi connectivity index (χ2n) is 9.51. The van der Waals surface area contributed by atoms with Crippen molar-refractivity contribution in [1.82, 2.24) is 24.5 Å². The van der Waals surface area contributed by atoms with E-state index in [0.717, 1.165) is 41.8 Å². The van der Waals surface area contributed by atoms with E-state index in [4.69, 9.17) is 9.97 Å². The number of sulfonamides is 1. The average Bonchev–Trinajstić information content (AvgIpc) is 3.72. The second-order valence-corrected chi connectivity index (χ2v) is 11.7. The molecule has 9 nitrogen and oxygen atoms in total. The minimum atomic E-state index is -3.14. The van der Waals surface area contributed by atoms with Crippen molar-refractivity contribution >= 4 is 38.5 Å². The van der Waals surface area contributed by atoms with E-state index in [9.17, 15) is 8.42 Å². The maximum Gasteiger partial charge on any atom is 0.228 e. The maximum absolute atomic E-state index is 12.8. The van der Waals surface area contributed by atoms with E-state index >= 15 is 0 Å². The van der Waals surface area contributed by atoms with Crippen molar-refractivity contribution in [2.24, 2.45) is 0 Å². The molecule has 2 aliphatic heterocycles. The van der Waals surface area contributed by atoms with Gasteiger partial charge in [0.15, 0.2) is 5.82 Å². The summed E-state index contributed by atoms with van der Waals surface area (Å²) in [6, 6.07) is 10.2. The molecule has 166 valence electrons. The van der Waals surface area contributed by atoms with Gasteiger partial charge >= 0.3 is 0 Å². The lowest BCUT2D eigenvalue weighted by atomic mass is 10.2. The van der Waals surface area contributed by atoms with Crippen molar-refractivity contribution in [2.75, 3.05) is 23.3 Å².